The molecule has 0 unspecified atom stereocenters. The first kappa shape index (κ1) is 14.7. The van der Waals surface area contributed by atoms with E-state index in [1.807, 2.05) is 0 Å². The molecule has 0 saturated heterocycles. The van der Waals surface area contributed by atoms with Crippen LogP contribution in [0.2, 0.25) is 0 Å². The van der Waals surface area contributed by atoms with Gasteiger partial charge in [-0.2, -0.15) is 0 Å². The molecule has 0 bridgehead atoms. The number of hydrogen-bond acceptors (Lipinski definition) is 1. The molecular formula is C16H30O. The third kappa shape index (κ3) is 4.44. The smallest absolute Gasteiger partial charge is 0.139 e. The Labute approximate surface area is 107 Å². The summed E-state index contributed by atoms with van der Waals surface area (Å²) < 4.78 is 0. The minimum atomic E-state index is 0.0998. The van der Waals surface area contributed by atoms with E-state index in [-0.39, 0.29) is 5.41 Å². The largest absolute Gasteiger partial charge is 0.299 e. The van der Waals surface area contributed by atoms with Gasteiger partial charge in [-0.3, -0.25) is 4.79 Å². The predicted molar refractivity (Wildman–Crippen MR) is 74.2 cm³/mol. The van der Waals surface area contributed by atoms with Crippen molar-refractivity contribution >= 4 is 5.78 Å². The van der Waals surface area contributed by atoms with E-state index in [9.17, 15) is 4.79 Å². The van der Waals surface area contributed by atoms with Crippen molar-refractivity contribution in [2.45, 2.75) is 90.9 Å². The van der Waals surface area contributed by atoms with Gasteiger partial charge >= 0.3 is 0 Å². The van der Waals surface area contributed by atoms with Gasteiger partial charge in [-0.1, -0.05) is 58.8 Å². The van der Waals surface area contributed by atoms with Crippen molar-refractivity contribution in [3.63, 3.8) is 0 Å². The van der Waals surface area contributed by atoms with Crippen LogP contribution in [-0.4, -0.2) is 5.78 Å². The Morgan fingerprint density at radius 1 is 0.941 bits per heavy atom. The summed E-state index contributed by atoms with van der Waals surface area (Å²) in [5.74, 6) is 0.593. The van der Waals surface area contributed by atoms with Gasteiger partial charge in [0.2, 0.25) is 0 Å². The lowest BCUT2D eigenvalue weighted by Crippen LogP contribution is -2.34. The van der Waals surface area contributed by atoms with Gasteiger partial charge in [0.25, 0.3) is 0 Å². The van der Waals surface area contributed by atoms with Gasteiger partial charge in [-0.15, -0.1) is 0 Å². The van der Waals surface area contributed by atoms with Crippen LogP contribution >= 0.6 is 0 Å². The molecule has 0 heterocycles. The SMILES string of the molecule is CCCCCC1(CCCCC)CCCCC1=O. The van der Waals surface area contributed by atoms with Crippen LogP contribution in [-0.2, 0) is 4.79 Å². The molecule has 100 valence electrons. The second-order valence-corrected chi connectivity index (χ2v) is 5.82. The molecule has 1 aliphatic rings. The maximum atomic E-state index is 12.3. The highest BCUT2D eigenvalue weighted by Gasteiger charge is 2.38. The minimum absolute atomic E-state index is 0.0998. The van der Waals surface area contributed by atoms with Gasteiger partial charge in [0.15, 0.2) is 0 Å². The van der Waals surface area contributed by atoms with E-state index >= 15 is 0 Å². The number of carbonyl (C=O) groups excluding carboxylic acids is 1. The molecule has 0 radical (unpaired) electrons. The summed E-state index contributed by atoms with van der Waals surface area (Å²) in [6.07, 6.45) is 14.4. The van der Waals surface area contributed by atoms with E-state index in [0.29, 0.717) is 5.78 Å². The molecular weight excluding hydrogens is 208 g/mol. The molecule has 0 spiro atoms. The lowest BCUT2D eigenvalue weighted by molar-refractivity contribution is -0.132. The first-order valence-corrected chi connectivity index (χ1v) is 7.78. The normalized spacial score (nSPS) is 19.5. The predicted octanol–water partition coefficient (Wildman–Crippen LogP) is 5.28. The number of rotatable bonds is 8. The Balaban J connectivity index is 2.51. The average molecular weight is 238 g/mol. The van der Waals surface area contributed by atoms with Gasteiger partial charge in [0, 0.05) is 11.8 Å². The molecule has 1 aliphatic carbocycles. The highest BCUT2D eigenvalue weighted by molar-refractivity contribution is 5.85. The second kappa shape index (κ2) is 7.89. The van der Waals surface area contributed by atoms with Crippen molar-refractivity contribution in [3.05, 3.63) is 0 Å². The minimum Gasteiger partial charge on any atom is -0.299 e. The van der Waals surface area contributed by atoms with E-state index in [4.69, 9.17) is 0 Å². The Kier molecular flexibility index (Phi) is 6.84. The maximum absolute atomic E-state index is 12.3. The fraction of sp³-hybridized carbons (Fsp3) is 0.938. The molecule has 0 aromatic carbocycles. The molecule has 1 fully saturated rings. The zero-order valence-electron chi connectivity index (χ0n) is 11.9. The quantitative estimate of drug-likeness (QED) is 0.526. The molecule has 0 aromatic rings. The first-order chi connectivity index (χ1) is 8.25. The zero-order valence-corrected chi connectivity index (χ0v) is 11.9. The molecule has 0 aromatic heterocycles. The van der Waals surface area contributed by atoms with Gasteiger partial charge in [0.05, 0.1) is 0 Å². The van der Waals surface area contributed by atoms with Crippen LogP contribution in [0.15, 0.2) is 0 Å². The van der Waals surface area contributed by atoms with Crippen molar-refractivity contribution in [2.75, 3.05) is 0 Å². The molecule has 1 heteroatoms. The fourth-order valence-corrected chi connectivity index (χ4v) is 3.23. The van der Waals surface area contributed by atoms with Crippen LogP contribution < -0.4 is 0 Å². The van der Waals surface area contributed by atoms with E-state index in [1.165, 1.54) is 64.2 Å². The summed E-state index contributed by atoms with van der Waals surface area (Å²) in [6, 6.07) is 0. The summed E-state index contributed by atoms with van der Waals surface area (Å²) in [5, 5.41) is 0. The Morgan fingerprint density at radius 2 is 1.53 bits per heavy atom. The van der Waals surface area contributed by atoms with E-state index in [2.05, 4.69) is 13.8 Å². The molecule has 0 N–H and O–H groups in total. The highest BCUT2D eigenvalue weighted by atomic mass is 16.1. The molecule has 0 amide bonds. The Morgan fingerprint density at radius 3 is 2.00 bits per heavy atom. The molecule has 1 nitrogen and oxygen atoms in total. The van der Waals surface area contributed by atoms with Crippen molar-refractivity contribution in [2.24, 2.45) is 5.41 Å². The molecule has 17 heavy (non-hydrogen) atoms. The molecule has 0 atom stereocenters. The molecule has 0 aliphatic heterocycles. The van der Waals surface area contributed by atoms with Crippen LogP contribution in [0.1, 0.15) is 90.9 Å². The monoisotopic (exact) mass is 238 g/mol. The fourth-order valence-electron chi connectivity index (χ4n) is 3.23. The van der Waals surface area contributed by atoms with Gasteiger partial charge in [0.1, 0.15) is 5.78 Å². The maximum Gasteiger partial charge on any atom is 0.139 e. The van der Waals surface area contributed by atoms with Gasteiger partial charge in [-0.25, -0.2) is 0 Å². The zero-order chi connectivity index (χ0) is 12.6. The van der Waals surface area contributed by atoms with Crippen LogP contribution in [0.5, 0.6) is 0 Å². The number of unbranched alkanes of at least 4 members (excludes halogenated alkanes) is 4. The van der Waals surface area contributed by atoms with E-state index < -0.39 is 0 Å². The number of hydrogen-bond donors (Lipinski definition) is 0. The topological polar surface area (TPSA) is 17.1 Å². The highest BCUT2D eigenvalue weighted by Crippen LogP contribution is 2.42. The molecule has 1 saturated carbocycles. The summed E-state index contributed by atoms with van der Waals surface area (Å²) >= 11 is 0. The Bertz CT molecular complexity index is 210. The van der Waals surface area contributed by atoms with Crippen molar-refractivity contribution in [1.29, 1.82) is 0 Å². The average Bonchev–Trinajstić information content (AvgIpc) is 2.33. The van der Waals surface area contributed by atoms with Crippen LogP contribution in [0.3, 0.4) is 0 Å². The standard InChI is InChI=1S/C16H30O/c1-3-5-8-12-16(13-9-6-4-2)14-10-7-11-15(16)17/h3-14H2,1-2H3. The Hall–Kier alpha value is -0.330. The van der Waals surface area contributed by atoms with Crippen LogP contribution in [0.4, 0.5) is 0 Å². The summed E-state index contributed by atoms with van der Waals surface area (Å²) in [4.78, 5) is 12.3. The van der Waals surface area contributed by atoms with Gasteiger partial charge in [-0.05, 0) is 25.7 Å². The van der Waals surface area contributed by atoms with Crippen LogP contribution in [0, 0.1) is 5.41 Å². The van der Waals surface area contributed by atoms with E-state index in [1.54, 1.807) is 0 Å². The second-order valence-electron chi connectivity index (χ2n) is 5.82. The number of Topliss-reactive ketones (excluding diaryl/α,β-unsaturated/α-hetero) is 1. The lowest BCUT2D eigenvalue weighted by atomic mass is 9.67. The third-order valence-electron chi connectivity index (χ3n) is 4.42. The van der Waals surface area contributed by atoms with Crippen molar-refractivity contribution < 1.29 is 4.79 Å². The van der Waals surface area contributed by atoms with E-state index in [0.717, 1.165) is 12.8 Å². The number of ketones is 1. The van der Waals surface area contributed by atoms with Crippen molar-refractivity contribution in [1.82, 2.24) is 0 Å². The summed E-state index contributed by atoms with van der Waals surface area (Å²) in [5.41, 5.74) is 0.0998. The van der Waals surface area contributed by atoms with Gasteiger partial charge < -0.3 is 0 Å². The van der Waals surface area contributed by atoms with Crippen LogP contribution in [0.25, 0.3) is 0 Å². The summed E-state index contributed by atoms with van der Waals surface area (Å²) in [7, 11) is 0. The third-order valence-corrected chi connectivity index (χ3v) is 4.42. The molecule has 1 rings (SSSR count). The first-order valence-electron chi connectivity index (χ1n) is 7.78. The van der Waals surface area contributed by atoms with Crippen molar-refractivity contribution in [3.8, 4) is 0 Å². The number of carbonyl (C=O) groups is 1. The summed E-state index contributed by atoms with van der Waals surface area (Å²) in [6.45, 7) is 4.49. The lowest BCUT2D eigenvalue weighted by Gasteiger charge is -2.36.